The Morgan fingerprint density at radius 3 is 2.24 bits per heavy atom. The Balaban J connectivity index is 1.46. The number of hydrogen-bond acceptors (Lipinski definition) is 2. The molecule has 3 nitrogen and oxygen atoms in total. The Kier molecular flexibility index (Phi) is 4.88. The lowest BCUT2D eigenvalue weighted by Gasteiger charge is -2.35. The van der Waals surface area contributed by atoms with Crippen LogP contribution in [-0.4, -0.2) is 36.5 Å². The predicted octanol–water partition coefficient (Wildman–Crippen LogP) is 3.19. The predicted molar refractivity (Wildman–Crippen MR) is 86.0 cm³/mol. The van der Waals surface area contributed by atoms with Crippen molar-refractivity contribution in [1.82, 2.24) is 10.2 Å². The molecule has 0 radical (unpaired) electrons. The number of rotatable bonds is 5. The molecule has 120 valence electrons. The van der Waals surface area contributed by atoms with E-state index in [4.69, 9.17) is 0 Å². The Labute approximate surface area is 129 Å². The molecule has 3 saturated carbocycles. The lowest BCUT2D eigenvalue weighted by Crippen LogP contribution is -2.44. The van der Waals surface area contributed by atoms with Crippen LogP contribution < -0.4 is 5.32 Å². The highest BCUT2D eigenvalue weighted by Gasteiger charge is 2.55. The van der Waals surface area contributed by atoms with Gasteiger partial charge in [0.2, 0.25) is 5.91 Å². The minimum Gasteiger partial charge on any atom is -0.343 e. The molecule has 3 fully saturated rings. The van der Waals surface area contributed by atoms with Crippen LogP contribution >= 0.6 is 0 Å². The van der Waals surface area contributed by atoms with Gasteiger partial charge in [0.1, 0.15) is 0 Å². The van der Waals surface area contributed by atoms with Crippen LogP contribution in [0.4, 0.5) is 0 Å². The smallest absolute Gasteiger partial charge is 0.226 e. The van der Waals surface area contributed by atoms with Gasteiger partial charge in [0.15, 0.2) is 0 Å². The topological polar surface area (TPSA) is 32.3 Å². The molecule has 21 heavy (non-hydrogen) atoms. The molecule has 0 aromatic rings. The van der Waals surface area contributed by atoms with E-state index in [9.17, 15) is 4.79 Å². The quantitative estimate of drug-likeness (QED) is 0.844. The lowest BCUT2D eigenvalue weighted by atomic mass is 9.90. The highest BCUT2D eigenvalue weighted by Crippen LogP contribution is 2.56. The molecule has 1 amide bonds. The summed E-state index contributed by atoms with van der Waals surface area (Å²) in [5.41, 5.74) is 0. The molecule has 1 N–H and O–H groups in total. The van der Waals surface area contributed by atoms with Crippen molar-refractivity contribution in [1.29, 1.82) is 0 Å². The highest BCUT2D eigenvalue weighted by atomic mass is 16.2. The normalized spacial score (nSPS) is 38.7. The fourth-order valence-corrected chi connectivity index (χ4v) is 4.79. The van der Waals surface area contributed by atoms with Gasteiger partial charge < -0.3 is 10.2 Å². The second kappa shape index (κ2) is 6.68. The largest absolute Gasteiger partial charge is 0.343 e. The highest BCUT2D eigenvalue weighted by molar-refractivity contribution is 5.82. The Hall–Kier alpha value is -0.570. The van der Waals surface area contributed by atoms with E-state index in [1.807, 2.05) is 0 Å². The molecule has 0 spiro atoms. The van der Waals surface area contributed by atoms with Gasteiger partial charge >= 0.3 is 0 Å². The SMILES string of the molecule is CCCNC1CCC(N(C)C(=O)C2C3CCCCC32)CC1. The third-order valence-electron chi connectivity index (χ3n) is 6.22. The van der Waals surface area contributed by atoms with Crippen molar-refractivity contribution in [2.24, 2.45) is 17.8 Å². The summed E-state index contributed by atoms with van der Waals surface area (Å²) in [4.78, 5) is 14.9. The standard InChI is InChI=1S/C18H32N2O/c1-3-12-19-13-8-10-14(11-9-13)20(2)18(21)17-15-6-4-5-7-16(15)17/h13-17,19H,3-12H2,1-2H3. The van der Waals surface area contributed by atoms with Gasteiger partial charge in [0, 0.05) is 25.0 Å². The molecule has 3 heteroatoms. The Bertz CT molecular complexity index is 350. The van der Waals surface area contributed by atoms with E-state index in [1.165, 1.54) is 57.8 Å². The third kappa shape index (κ3) is 3.28. The van der Waals surface area contributed by atoms with Crippen LogP contribution in [0.2, 0.25) is 0 Å². The van der Waals surface area contributed by atoms with Crippen LogP contribution in [0.5, 0.6) is 0 Å². The van der Waals surface area contributed by atoms with Crippen molar-refractivity contribution in [2.45, 2.75) is 76.8 Å². The van der Waals surface area contributed by atoms with E-state index in [-0.39, 0.29) is 0 Å². The van der Waals surface area contributed by atoms with E-state index in [1.54, 1.807) is 0 Å². The summed E-state index contributed by atoms with van der Waals surface area (Å²) in [6.45, 7) is 3.36. The molecule has 0 bridgehead atoms. The number of nitrogens with zero attached hydrogens (tertiary/aromatic N) is 1. The summed E-state index contributed by atoms with van der Waals surface area (Å²) in [6.07, 6.45) is 11.4. The molecule has 0 saturated heterocycles. The van der Waals surface area contributed by atoms with Crippen molar-refractivity contribution >= 4 is 5.91 Å². The number of fused-ring (bicyclic) bond motifs is 1. The van der Waals surface area contributed by atoms with Gasteiger partial charge in [0.25, 0.3) is 0 Å². The van der Waals surface area contributed by atoms with E-state index in [0.717, 1.165) is 18.4 Å². The van der Waals surface area contributed by atoms with E-state index in [2.05, 4.69) is 24.2 Å². The Morgan fingerprint density at radius 2 is 1.67 bits per heavy atom. The molecule has 3 aliphatic rings. The van der Waals surface area contributed by atoms with Gasteiger partial charge in [-0.25, -0.2) is 0 Å². The van der Waals surface area contributed by atoms with E-state index >= 15 is 0 Å². The molecule has 2 unspecified atom stereocenters. The minimum atomic E-state index is 0.397. The third-order valence-corrected chi connectivity index (χ3v) is 6.22. The zero-order valence-corrected chi connectivity index (χ0v) is 13.8. The maximum absolute atomic E-state index is 12.7. The van der Waals surface area contributed by atoms with E-state index < -0.39 is 0 Å². The molecule has 0 aromatic carbocycles. The summed E-state index contributed by atoms with van der Waals surface area (Å²) in [6, 6.07) is 1.19. The van der Waals surface area contributed by atoms with Crippen LogP contribution in [0, 0.1) is 17.8 Å². The number of hydrogen-bond donors (Lipinski definition) is 1. The van der Waals surface area contributed by atoms with Crippen LogP contribution in [0.25, 0.3) is 0 Å². The second-order valence-corrected chi connectivity index (χ2v) is 7.55. The van der Waals surface area contributed by atoms with Gasteiger partial charge in [-0.05, 0) is 63.3 Å². The number of carbonyl (C=O) groups excluding carboxylic acids is 1. The molecule has 3 rings (SSSR count). The summed E-state index contributed by atoms with van der Waals surface area (Å²) < 4.78 is 0. The summed E-state index contributed by atoms with van der Waals surface area (Å²) >= 11 is 0. The first-order valence-corrected chi connectivity index (χ1v) is 9.22. The first kappa shape index (κ1) is 15.3. The molecule has 3 aliphatic carbocycles. The average molecular weight is 292 g/mol. The first-order valence-electron chi connectivity index (χ1n) is 9.22. The van der Waals surface area contributed by atoms with E-state index in [0.29, 0.717) is 23.9 Å². The van der Waals surface area contributed by atoms with Gasteiger partial charge in [-0.1, -0.05) is 19.8 Å². The van der Waals surface area contributed by atoms with Crippen LogP contribution in [-0.2, 0) is 4.79 Å². The number of carbonyl (C=O) groups is 1. The van der Waals surface area contributed by atoms with Crippen molar-refractivity contribution in [3.05, 3.63) is 0 Å². The average Bonchev–Trinajstić information content (AvgIpc) is 3.26. The molecule has 0 aromatic heterocycles. The maximum Gasteiger partial charge on any atom is 0.226 e. The zero-order valence-electron chi connectivity index (χ0n) is 13.8. The fraction of sp³-hybridized carbons (Fsp3) is 0.944. The molecule has 2 atom stereocenters. The van der Waals surface area contributed by atoms with Crippen LogP contribution in [0.3, 0.4) is 0 Å². The van der Waals surface area contributed by atoms with Crippen LogP contribution in [0.1, 0.15) is 64.7 Å². The first-order chi connectivity index (χ1) is 10.2. The van der Waals surface area contributed by atoms with Crippen molar-refractivity contribution in [3.8, 4) is 0 Å². The van der Waals surface area contributed by atoms with Gasteiger partial charge in [-0.2, -0.15) is 0 Å². The van der Waals surface area contributed by atoms with Gasteiger partial charge in [0.05, 0.1) is 0 Å². The lowest BCUT2D eigenvalue weighted by molar-refractivity contribution is -0.134. The molecular formula is C18H32N2O. The molecule has 0 heterocycles. The zero-order chi connectivity index (χ0) is 14.8. The van der Waals surface area contributed by atoms with Crippen molar-refractivity contribution in [3.63, 3.8) is 0 Å². The number of amides is 1. The Morgan fingerprint density at radius 1 is 1.05 bits per heavy atom. The van der Waals surface area contributed by atoms with Crippen LogP contribution in [0.15, 0.2) is 0 Å². The van der Waals surface area contributed by atoms with Gasteiger partial charge in [-0.3, -0.25) is 4.79 Å². The monoisotopic (exact) mass is 292 g/mol. The van der Waals surface area contributed by atoms with Gasteiger partial charge in [-0.15, -0.1) is 0 Å². The van der Waals surface area contributed by atoms with Crippen molar-refractivity contribution < 1.29 is 4.79 Å². The minimum absolute atomic E-state index is 0.397. The number of nitrogens with one attached hydrogen (secondary N) is 1. The fourth-order valence-electron chi connectivity index (χ4n) is 4.79. The summed E-state index contributed by atoms with van der Waals surface area (Å²) in [7, 11) is 2.07. The second-order valence-electron chi connectivity index (χ2n) is 7.55. The maximum atomic E-state index is 12.7. The summed E-state index contributed by atoms with van der Waals surface area (Å²) in [5, 5.41) is 3.63. The summed E-state index contributed by atoms with van der Waals surface area (Å²) in [5.74, 6) is 2.36. The van der Waals surface area contributed by atoms with Crippen molar-refractivity contribution in [2.75, 3.05) is 13.6 Å². The molecular weight excluding hydrogens is 260 g/mol. The molecule has 0 aliphatic heterocycles.